The molecule has 4 aromatic rings. The van der Waals surface area contributed by atoms with Crippen molar-refractivity contribution < 1.29 is 9.84 Å². The van der Waals surface area contributed by atoms with Crippen LogP contribution in [0.3, 0.4) is 0 Å². The maximum Gasteiger partial charge on any atom is 0.119 e. The van der Waals surface area contributed by atoms with E-state index in [4.69, 9.17) is 4.74 Å². The summed E-state index contributed by atoms with van der Waals surface area (Å²) >= 11 is 0. The van der Waals surface area contributed by atoms with E-state index in [9.17, 15) is 5.11 Å². The Morgan fingerprint density at radius 2 is 1.69 bits per heavy atom. The number of methoxy groups -OCH3 is 1. The van der Waals surface area contributed by atoms with Crippen LogP contribution in [0.2, 0.25) is 0 Å². The highest BCUT2D eigenvalue weighted by molar-refractivity contribution is 5.84. The summed E-state index contributed by atoms with van der Waals surface area (Å²) in [4.78, 5) is 6.86. The zero-order chi connectivity index (χ0) is 24.9. The molecule has 0 amide bonds. The molecule has 0 unspecified atom stereocenters. The van der Waals surface area contributed by atoms with Crippen molar-refractivity contribution in [2.45, 2.75) is 25.0 Å². The molecule has 4 heterocycles. The Labute approximate surface area is 213 Å². The summed E-state index contributed by atoms with van der Waals surface area (Å²) in [5.74, 6) is 2.01. The Kier molecular flexibility index (Phi) is 7.45. The molecular formula is C32H34N2O2. The molecule has 4 nitrogen and oxygen atoms in total. The topological polar surface area (TPSA) is 45.6 Å². The molecule has 0 radical (unpaired) electrons. The van der Waals surface area contributed by atoms with Gasteiger partial charge in [-0.3, -0.25) is 9.88 Å². The molecule has 0 saturated carbocycles. The number of benzene rings is 3. The van der Waals surface area contributed by atoms with E-state index in [1.54, 1.807) is 13.3 Å². The van der Waals surface area contributed by atoms with Crippen LogP contribution < -0.4 is 4.74 Å². The van der Waals surface area contributed by atoms with Crippen molar-refractivity contribution in [1.82, 2.24) is 9.88 Å². The first-order valence-corrected chi connectivity index (χ1v) is 12.8. The molecular weight excluding hydrogens is 444 g/mol. The Balaban J connectivity index is 0.000000186. The average Bonchev–Trinajstić information content (AvgIpc) is 2.97. The fourth-order valence-electron chi connectivity index (χ4n) is 5.71. The van der Waals surface area contributed by atoms with Gasteiger partial charge < -0.3 is 9.84 Å². The van der Waals surface area contributed by atoms with Gasteiger partial charge in [-0.2, -0.15) is 0 Å². The lowest BCUT2D eigenvalue weighted by Gasteiger charge is -2.50. The summed E-state index contributed by atoms with van der Waals surface area (Å²) in [5, 5.41) is 12.1. The van der Waals surface area contributed by atoms with Gasteiger partial charge >= 0.3 is 0 Å². The first-order valence-electron chi connectivity index (χ1n) is 12.8. The van der Waals surface area contributed by atoms with Crippen LogP contribution in [0, 0.1) is 11.8 Å². The number of aromatic nitrogens is 1. The van der Waals surface area contributed by atoms with Crippen molar-refractivity contribution in [3.05, 3.63) is 109 Å². The zero-order valence-corrected chi connectivity index (χ0v) is 20.8. The highest BCUT2D eigenvalue weighted by atomic mass is 16.5. The zero-order valence-electron chi connectivity index (χ0n) is 20.8. The van der Waals surface area contributed by atoms with Crippen LogP contribution in [0.1, 0.15) is 24.5 Å². The van der Waals surface area contributed by atoms with Crippen LogP contribution in [-0.2, 0) is 0 Å². The van der Waals surface area contributed by atoms with Crippen molar-refractivity contribution in [3.63, 3.8) is 0 Å². The third-order valence-electron chi connectivity index (χ3n) is 7.70. The predicted molar refractivity (Wildman–Crippen MR) is 147 cm³/mol. The van der Waals surface area contributed by atoms with E-state index in [0.717, 1.165) is 41.7 Å². The minimum atomic E-state index is -0.504. The molecule has 5 atom stereocenters. The van der Waals surface area contributed by atoms with Gasteiger partial charge in [0.1, 0.15) is 5.75 Å². The molecule has 0 spiro atoms. The second-order valence-electron chi connectivity index (χ2n) is 9.71. The molecule has 1 N–H and O–H groups in total. The molecule has 3 aliphatic heterocycles. The number of hydrogen-bond acceptors (Lipinski definition) is 4. The fourth-order valence-corrected chi connectivity index (χ4v) is 5.71. The first kappa shape index (κ1) is 24.2. The number of pyridine rings is 1. The summed E-state index contributed by atoms with van der Waals surface area (Å²) in [6, 6.07) is 28.7. The van der Waals surface area contributed by atoms with Gasteiger partial charge in [-0.25, -0.2) is 0 Å². The Morgan fingerprint density at radius 1 is 1.00 bits per heavy atom. The highest BCUT2D eigenvalue weighted by Gasteiger charge is 2.42. The minimum absolute atomic E-state index is 0.178. The van der Waals surface area contributed by atoms with Crippen LogP contribution in [0.4, 0.5) is 0 Å². The lowest BCUT2D eigenvalue weighted by molar-refractivity contribution is -0.0444. The largest absolute Gasteiger partial charge is 0.497 e. The first-order chi connectivity index (χ1) is 17.7. The Morgan fingerprint density at radius 3 is 2.28 bits per heavy atom. The summed E-state index contributed by atoms with van der Waals surface area (Å²) in [6.07, 6.45) is 5.62. The molecule has 4 heteroatoms. The number of ether oxygens (including phenoxy) is 1. The van der Waals surface area contributed by atoms with Gasteiger partial charge in [0.05, 0.1) is 18.7 Å². The number of aliphatic hydroxyl groups excluding tert-OH is 1. The molecule has 0 aliphatic carbocycles. The van der Waals surface area contributed by atoms with Crippen LogP contribution in [0.25, 0.3) is 22.0 Å². The SMILES string of the molecule is C=C[C@H]1C[N@]2CC[C@H]1C[C@H]2[C@H](O)c1ccnc2ccc(OC)cc12.c1ccc(-c2ccccc2)cc1. The third-order valence-corrected chi connectivity index (χ3v) is 7.70. The van der Waals surface area contributed by atoms with Gasteiger partial charge in [0.2, 0.25) is 0 Å². The van der Waals surface area contributed by atoms with E-state index in [1.165, 1.54) is 17.5 Å². The Bertz CT molecular complexity index is 1250. The van der Waals surface area contributed by atoms with Crippen LogP contribution in [-0.4, -0.2) is 41.2 Å². The molecule has 2 bridgehead atoms. The maximum atomic E-state index is 11.2. The van der Waals surface area contributed by atoms with Crippen molar-refractivity contribution in [3.8, 4) is 16.9 Å². The molecule has 3 fully saturated rings. The average molecular weight is 479 g/mol. The van der Waals surface area contributed by atoms with Crippen molar-refractivity contribution >= 4 is 10.9 Å². The monoisotopic (exact) mass is 478 g/mol. The van der Waals surface area contributed by atoms with Crippen LogP contribution in [0.5, 0.6) is 5.75 Å². The number of fused-ring (bicyclic) bond motifs is 4. The lowest BCUT2D eigenvalue weighted by Crippen LogP contribution is -2.54. The summed E-state index contributed by atoms with van der Waals surface area (Å²) < 4.78 is 5.35. The second kappa shape index (κ2) is 11.1. The van der Waals surface area contributed by atoms with Crippen molar-refractivity contribution in [2.75, 3.05) is 20.2 Å². The van der Waals surface area contributed by atoms with Crippen molar-refractivity contribution in [2.24, 2.45) is 11.8 Å². The van der Waals surface area contributed by atoms with Gasteiger partial charge in [-0.1, -0.05) is 66.7 Å². The molecule has 7 rings (SSSR count). The highest BCUT2D eigenvalue weighted by Crippen LogP contribution is 2.42. The number of aliphatic hydroxyl groups is 1. The Hall–Kier alpha value is -3.47. The van der Waals surface area contributed by atoms with E-state index in [-0.39, 0.29) is 6.04 Å². The minimum Gasteiger partial charge on any atom is -0.497 e. The van der Waals surface area contributed by atoms with E-state index >= 15 is 0 Å². The van der Waals surface area contributed by atoms with E-state index in [0.29, 0.717) is 11.8 Å². The van der Waals surface area contributed by atoms with E-state index < -0.39 is 6.10 Å². The second-order valence-corrected chi connectivity index (χ2v) is 9.71. The lowest BCUT2D eigenvalue weighted by atomic mass is 9.73. The van der Waals surface area contributed by atoms with E-state index in [2.05, 4.69) is 71.1 Å². The molecule has 3 aliphatic rings. The molecule has 184 valence electrons. The van der Waals surface area contributed by atoms with Gasteiger partial charge in [0.25, 0.3) is 0 Å². The smallest absolute Gasteiger partial charge is 0.119 e. The molecule has 3 saturated heterocycles. The third kappa shape index (κ3) is 5.06. The summed E-state index contributed by atoms with van der Waals surface area (Å²) in [7, 11) is 1.66. The molecule has 36 heavy (non-hydrogen) atoms. The predicted octanol–water partition coefficient (Wildman–Crippen LogP) is 6.53. The fraction of sp³-hybridized carbons (Fsp3) is 0.281. The van der Waals surface area contributed by atoms with Crippen LogP contribution in [0.15, 0.2) is 104 Å². The van der Waals surface area contributed by atoms with Gasteiger partial charge in [0, 0.05) is 24.2 Å². The molecule has 3 aromatic carbocycles. The number of piperidine rings is 3. The summed E-state index contributed by atoms with van der Waals surface area (Å²) in [5.41, 5.74) is 4.40. The van der Waals surface area contributed by atoms with Crippen LogP contribution >= 0.6 is 0 Å². The number of nitrogens with zero attached hydrogens (tertiary/aromatic N) is 2. The number of rotatable bonds is 5. The quantitative estimate of drug-likeness (QED) is 0.331. The molecule has 1 aromatic heterocycles. The van der Waals surface area contributed by atoms with Gasteiger partial charge in [-0.15, -0.1) is 6.58 Å². The van der Waals surface area contributed by atoms with E-state index in [1.807, 2.05) is 36.4 Å². The van der Waals surface area contributed by atoms with Gasteiger partial charge in [0.15, 0.2) is 0 Å². The standard InChI is InChI=1S/C20H24N2O2.C12H10/c1-3-13-12-22-9-7-14(13)10-19(22)20(23)16-6-8-21-18-5-4-15(24-2)11-17(16)18;1-3-7-11(8-4-1)12-9-5-2-6-10-12/h3-6,8,11,13-14,19-20,23H,1,7,9-10,12H2,2H3;1-10H/t13-,14-,19-,20+;/m0./s1. The van der Waals surface area contributed by atoms with Crippen molar-refractivity contribution in [1.29, 1.82) is 0 Å². The normalized spacial score (nSPS) is 23.4. The number of hydrogen-bond donors (Lipinski definition) is 1. The summed E-state index contributed by atoms with van der Waals surface area (Å²) in [6.45, 7) is 6.07. The maximum absolute atomic E-state index is 11.2. The van der Waals surface area contributed by atoms with Gasteiger partial charge in [-0.05, 0) is 72.2 Å².